The van der Waals surface area contributed by atoms with Gasteiger partial charge in [0.25, 0.3) is 0 Å². The Morgan fingerprint density at radius 2 is 2.00 bits per heavy atom. The summed E-state index contributed by atoms with van der Waals surface area (Å²) in [6.45, 7) is 14.9. The smallest absolute Gasteiger partial charge is 0.0177 e. The molecule has 0 rings (SSSR count). The van der Waals surface area contributed by atoms with E-state index in [1.165, 1.54) is 12.1 Å². The topological polar surface area (TPSA) is 3.24 Å². The Labute approximate surface area is 71.1 Å². The first-order chi connectivity index (χ1) is 5.07. The number of hydrogen-bond donors (Lipinski definition) is 0. The minimum atomic E-state index is 0.795. The fourth-order valence-corrected chi connectivity index (χ4v) is 1.03. The molecule has 11 heavy (non-hydrogen) atoms. The summed E-state index contributed by atoms with van der Waals surface area (Å²) in [7, 11) is 0. The van der Waals surface area contributed by atoms with Crippen molar-refractivity contribution in [1.29, 1.82) is 0 Å². The number of hydrogen-bond acceptors (Lipinski definition) is 1. The first kappa shape index (κ1) is 10.5. The molecule has 0 aliphatic carbocycles. The molecule has 0 unspecified atom stereocenters. The molecule has 0 radical (unpaired) electrons. The molecule has 0 amide bonds. The van der Waals surface area contributed by atoms with Crippen molar-refractivity contribution in [3.63, 3.8) is 0 Å². The molecular formula is C10H21N. The average Bonchev–Trinajstić information content (AvgIpc) is 1.87. The predicted octanol–water partition coefficient (Wildman–Crippen LogP) is 2.89. The Morgan fingerprint density at radius 1 is 1.45 bits per heavy atom. The van der Waals surface area contributed by atoms with Gasteiger partial charge in [0, 0.05) is 18.8 Å². The summed E-state index contributed by atoms with van der Waals surface area (Å²) in [5.41, 5.74) is 1.19. The van der Waals surface area contributed by atoms with Gasteiger partial charge in [-0.15, -0.1) is 0 Å². The molecule has 0 saturated carbocycles. The molecule has 0 heterocycles. The van der Waals surface area contributed by atoms with Crippen LogP contribution in [0.4, 0.5) is 0 Å². The first-order valence-corrected chi connectivity index (χ1v) is 4.48. The zero-order chi connectivity index (χ0) is 8.85. The zero-order valence-corrected chi connectivity index (χ0v) is 8.35. The lowest BCUT2D eigenvalue weighted by Crippen LogP contribution is -2.22. The molecular weight excluding hydrogens is 134 g/mol. The van der Waals surface area contributed by atoms with Crippen LogP contribution < -0.4 is 0 Å². The Balaban J connectivity index is 3.61. The Bertz CT molecular complexity index is 116. The van der Waals surface area contributed by atoms with E-state index in [-0.39, 0.29) is 0 Å². The minimum absolute atomic E-state index is 0.795. The lowest BCUT2D eigenvalue weighted by Gasteiger charge is -2.23. The van der Waals surface area contributed by atoms with Crippen molar-refractivity contribution >= 4 is 0 Å². The predicted molar refractivity (Wildman–Crippen MR) is 51.5 cm³/mol. The molecule has 0 aromatic heterocycles. The molecule has 0 N–H and O–H groups in total. The van der Waals surface area contributed by atoms with Gasteiger partial charge in [-0.05, 0) is 26.2 Å². The number of nitrogens with zero attached hydrogens (tertiary/aromatic N) is 1. The minimum Gasteiger partial charge on any atom is -0.376 e. The molecule has 0 aromatic carbocycles. The maximum Gasteiger partial charge on any atom is 0.0177 e. The third-order valence-electron chi connectivity index (χ3n) is 1.90. The van der Waals surface area contributed by atoms with Gasteiger partial charge >= 0.3 is 0 Å². The molecule has 1 heteroatoms. The quantitative estimate of drug-likeness (QED) is 0.590. The third kappa shape index (κ3) is 4.88. The van der Waals surface area contributed by atoms with Crippen molar-refractivity contribution in [2.45, 2.75) is 34.1 Å². The maximum absolute atomic E-state index is 3.93. The fourth-order valence-electron chi connectivity index (χ4n) is 1.03. The second kappa shape index (κ2) is 5.22. The molecule has 0 spiro atoms. The molecule has 0 atom stereocenters. The van der Waals surface area contributed by atoms with Crippen molar-refractivity contribution in [3.05, 3.63) is 12.3 Å². The van der Waals surface area contributed by atoms with E-state index in [0.29, 0.717) is 0 Å². The van der Waals surface area contributed by atoms with Gasteiger partial charge in [0.2, 0.25) is 0 Å². The van der Waals surface area contributed by atoms with Crippen LogP contribution in [0.25, 0.3) is 0 Å². The van der Waals surface area contributed by atoms with Gasteiger partial charge in [-0.25, -0.2) is 0 Å². The van der Waals surface area contributed by atoms with E-state index < -0.39 is 0 Å². The van der Waals surface area contributed by atoms with Gasteiger partial charge in [0.1, 0.15) is 0 Å². The normalized spacial score (nSPS) is 10.3. The first-order valence-electron chi connectivity index (χ1n) is 4.48. The summed E-state index contributed by atoms with van der Waals surface area (Å²) in [5, 5.41) is 0. The molecule has 0 saturated heterocycles. The second-order valence-electron chi connectivity index (χ2n) is 3.50. The average molecular weight is 155 g/mol. The van der Waals surface area contributed by atoms with Crippen LogP contribution in [-0.4, -0.2) is 18.0 Å². The van der Waals surface area contributed by atoms with Crippen LogP contribution in [0.3, 0.4) is 0 Å². The van der Waals surface area contributed by atoms with Crippen LogP contribution in [0.15, 0.2) is 12.3 Å². The van der Waals surface area contributed by atoms with Gasteiger partial charge in [0.05, 0.1) is 0 Å². The monoisotopic (exact) mass is 155 g/mol. The molecule has 0 bridgehead atoms. The highest BCUT2D eigenvalue weighted by molar-refractivity contribution is 4.87. The van der Waals surface area contributed by atoms with Gasteiger partial charge in [-0.2, -0.15) is 0 Å². The largest absolute Gasteiger partial charge is 0.376 e. The van der Waals surface area contributed by atoms with Crippen molar-refractivity contribution in [2.75, 3.05) is 13.1 Å². The van der Waals surface area contributed by atoms with Crippen LogP contribution in [0.2, 0.25) is 0 Å². The molecule has 1 nitrogen and oxygen atoms in total. The number of rotatable bonds is 5. The lowest BCUT2D eigenvalue weighted by molar-refractivity contribution is 0.336. The van der Waals surface area contributed by atoms with Crippen molar-refractivity contribution in [3.8, 4) is 0 Å². The summed E-state index contributed by atoms with van der Waals surface area (Å²) in [4.78, 5) is 2.32. The fraction of sp³-hybridized carbons (Fsp3) is 0.800. The summed E-state index contributed by atoms with van der Waals surface area (Å²) in [5.74, 6) is 0.795. The summed E-state index contributed by atoms with van der Waals surface area (Å²) < 4.78 is 0. The molecule has 0 aliphatic rings. The van der Waals surface area contributed by atoms with Gasteiger partial charge in [-0.3, -0.25) is 0 Å². The SMILES string of the molecule is C=C(C)N(CC)CCC(C)C. The molecule has 0 aliphatic heterocycles. The highest BCUT2D eigenvalue weighted by Crippen LogP contribution is 2.05. The van der Waals surface area contributed by atoms with E-state index >= 15 is 0 Å². The highest BCUT2D eigenvalue weighted by atomic mass is 15.1. The standard InChI is InChI=1S/C10H21N/c1-6-11(10(4)5)8-7-9(2)3/h9H,4,6-8H2,1-3,5H3. The van der Waals surface area contributed by atoms with Crippen LogP contribution >= 0.6 is 0 Å². The Hall–Kier alpha value is -0.460. The maximum atomic E-state index is 3.93. The Morgan fingerprint density at radius 3 is 2.27 bits per heavy atom. The van der Waals surface area contributed by atoms with Crippen molar-refractivity contribution in [2.24, 2.45) is 5.92 Å². The van der Waals surface area contributed by atoms with Crippen LogP contribution in [0.1, 0.15) is 34.1 Å². The van der Waals surface area contributed by atoms with Gasteiger partial charge < -0.3 is 4.90 Å². The van der Waals surface area contributed by atoms with Crippen molar-refractivity contribution in [1.82, 2.24) is 4.90 Å². The van der Waals surface area contributed by atoms with E-state index in [1.807, 2.05) is 0 Å². The van der Waals surface area contributed by atoms with Crippen LogP contribution in [0.5, 0.6) is 0 Å². The molecule has 0 aromatic rings. The van der Waals surface area contributed by atoms with Crippen LogP contribution in [0, 0.1) is 5.92 Å². The van der Waals surface area contributed by atoms with Crippen molar-refractivity contribution < 1.29 is 0 Å². The molecule has 66 valence electrons. The summed E-state index contributed by atoms with van der Waals surface area (Å²) in [6, 6.07) is 0. The second-order valence-corrected chi connectivity index (χ2v) is 3.50. The number of allylic oxidation sites excluding steroid dienone is 1. The van der Waals surface area contributed by atoms with E-state index in [1.54, 1.807) is 0 Å². The highest BCUT2D eigenvalue weighted by Gasteiger charge is 2.01. The summed E-state index contributed by atoms with van der Waals surface area (Å²) in [6.07, 6.45) is 1.26. The van der Waals surface area contributed by atoms with E-state index in [2.05, 4.69) is 39.2 Å². The van der Waals surface area contributed by atoms with Crippen LogP contribution in [-0.2, 0) is 0 Å². The zero-order valence-electron chi connectivity index (χ0n) is 8.35. The van der Waals surface area contributed by atoms with Gasteiger partial charge in [-0.1, -0.05) is 20.4 Å². The molecule has 0 fully saturated rings. The Kier molecular flexibility index (Phi) is 5.01. The van der Waals surface area contributed by atoms with E-state index in [9.17, 15) is 0 Å². The van der Waals surface area contributed by atoms with E-state index in [4.69, 9.17) is 0 Å². The summed E-state index contributed by atoms with van der Waals surface area (Å²) >= 11 is 0. The van der Waals surface area contributed by atoms with E-state index in [0.717, 1.165) is 19.0 Å². The van der Waals surface area contributed by atoms with Gasteiger partial charge in [0.15, 0.2) is 0 Å². The third-order valence-corrected chi connectivity index (χ3v) is 1.90. The lowest BCUT2D eigenvalue weighted by atomic mass is 10.1.